The third-order valence-electron chi connectivity index (χ3n) is 5.26. The highest BCUT2D eigenvalue weighted by Crippen LogP contribution is 2.38. The van der Waals surface area contributed by atoms with E-state index in [-0.39, 0.29) is 12.6 Å². The van der Waals surface area contributed by atoms with Crippen LogP contribution >= 0.6 is 38.9 Å². The van der Waals surface area contributed by atoms with Crippen LogP contribution in [0, 0.1) is 0 Å². The SMILES string of the molecule is O=C1c2ccccc2C(=O)N1CN(C(=O)c1sc2cc(Br)ccc2c1Cl)c1ccccc1. The number of para-hydroxylation sites is 1. The van der Waals surface area contributed by atoms with Gasteiger partial charge in [0.15, 0.2) is 0 Å². The molecule has 2 heterocycles. The van der Waals surface area contributed by atoms with Crippen LogP contribution in [0.1, 0.15) is 30.4 Å². The van der Waals surface area contributed by atoms with Crippen LogP contribution in [0.25, 0.3) is 10.1 Å². The minimum atomic E-state index is -0.425. The van der Waals surface area contributed by atoms with E-state index in [4.69, 9.17) is 11.6 Å². The number of halogens is 2. The Morgan fingerprint density at radius 2 is 1.56 bits per heavy atom. The van der Waals surface area contributed by atoms with Crippen LogP contribution in [0.3, 0.4) is 0 Å². The molecule has 0 spiro atoms. The minimum absolute atomic E-state index is 0.219. The Morgan fingerprint density at radius 1 is 0.938 bits per heavy atom. The summed E-state index contributed by atoms with van der Waals surface area (Å²) in [6.07, 6.45) is 0. The lowest BCUT2D eigenvalue weighted by atomic mass is 10.1. The summed E-state index contributed by atoms with van der Waals surface area (Å²) in [4.78, 5) is 42.4. The van der Waals surface area contributed by atoms with Gasteiger partial charge in [0.05, 0.1) is 16.1 Å². The molecule has 3 aromatic carbocycles. The Labute approximate surface area is 200 Å². The number of imide groups is 1. The average Bonchev–Trinajstić information content (AvgIpc) is 3.26. The van der Waals surface area contributed by atoms with Crippen molar-refractivity contribution < 1.29 is 14.4 Å². The first-order valence-corrected chi connectivity index (χ1v) is 11.6. The summed E-state index contributed by atoms with van der Waals surface area (Å²) >= 11 is 11.3. The average molecular weight is 526 g/mol. The number of carbonyl (C=O) groups is 3. The molecule has 4 aromatic rings. The zero-order valence-electron chi connectivity index (χ0n) is 16.4. The highest BCUT2D eigenvalue weighted by atomic mass is 79.9. The highest BCUT2D eigenvalue weighted by Gasteiger charge is 2.38. The molecule has 0 atom stereocenters. The van der Waals surface area contributed by atoms with Crippen molar-refractivity contribution in [1.29, 1.82) is 0 Å². The van der Waals surface area contributed by atoms with E-state index in [1.807, 2.05) is 24.3 Å². The maximum absolute atomic E-state index is 13.7. The number of hydrogen-bond acceptors (Lipinski definition) is 4. The van der Waals surface area contributed by atoms with Crippen molar-refractivity contribution in [3.8, 4) is 0 Å². The van der Waals surface area contributed by atoms with Crippen molar-refractivity contribution in [3.05, 3.63) is 98.3 Å². The molecule has 0 bridgehead atoms. The Balaban J connectivity index is 1.56. The maximum Gasteiger partial charge on any atom is 0.271 e. The number of nitrogens with zero attached hydrogens (tertiary/aromatic N) is 2. The zero-order chi connectivity index (χ0) is 22.4. The molecule has 1 aromatic heterocycles. The summed E-state index contributed by atoms with van der Waals surface area (Å²) in [5.74, 6) is -1.23. The van der Waals surface area contributed by atoms with E-state index in [2.05, 4.69) is 15.9 Å². The lowest BCUT2D eigenvalue weighted by Gasteiger charge is -2.26. The van der Waals surface area contributed by atoms with Crippen molar-refractivity contribution in [2.75, 3.05) is 11.6 Å². The van der Waals surface area contributed by atoms with Gasteiger partial charge in [0.2, 0.25) is 0 Å². The first-order chi connectivity index (χ1) is 15.5. The van der Waals surface area contributed by atoms with E-state index in [1.165, 1.54) is 16.2 Å². The summed E-state index contributed by atoms with van der Waals surface area (Å²) in [6, 6.07) is 21.2. The van der Waals surface area contributed by atoms with E-state index in [0.29, 0.717) is 26.7 Å². The monoisotopic (exact) mass is 524 g/mol. The lowest BCUT2D eigenvalue weighted by Crippen LogP contribution is -2.44. The van der Waals surface area contributed by atoms with Gasteiger partial charge in [0.25, 0.3) is 17.7 Å². The molecule has 0 saturated heterocycles. The Morgan fingerprint density at radius 3 is 2.22 bits per heavy atom. The summed E-state index contributed by atoms with van der Waals surface area (Å²) in [5.41, 5.74) is 1.23. The van der Waals surface area contributed by atoms with Crippen molar-refractivity contribution in [1.82, 2.24) is 4.90 Å². The number of amides is 3. The van der Waals surface area contributed by atoms with E-state index in [0.717, 1.165) is 19.5 Å². The van der Waals surface area contributed by atoms with E-state index >= 15 is 0 Å². The molecule has 5 rings (SSSR count). The van der Waals surface area contributed by atoms with Gasteiger partial charge in [-0.05, 0) is 36.4 Å². The quantitative estimate of drug-likeness (QED) is 0.297. The van der Waals surface area contributed by atoms with Gasteiger partial charge >= 0.3 is 0 Å². The maximum atomic E-state index is 13.7. The van der Waals surface area contributed by atoms with Crippen LogP contribution < -0.4 is 4.90 Å². The van der Waals surface area contributed by atoms with Crippen LogP contribution in [0.5, 0.6) is 0 Å². The Hall–Kier alpha value is -3.00. The second-order valence-electron chi connectivity index (χ2n) is 7.18. The summed E-state index contributed by atoms with van der Waals surface area (Å²) in [5, 5.41) is 1.13. The molecule has 5 nitrogen and oxygen atoms in total. The molecule has 0 aliphatic carbocycles. The first kappa shape index (κ1) is 20.9. The fourth-order valence-electron chi connectivity index (χ4n) is 3.68. The van der Waals surface area contributed by atoms with Crippen LogP contribution in [-0.2, 0) is 0 Å². The van der Waals surface area contributed by atoms with Crippen molar-refractivity contribution in [2.24, 2.45) is 0 Å². The first-order valence-electron chi connectivity index (χ1n) is 9.65. The van der Waals surface area contributed by atoms with Crippen LogP contribution in [0.15, 0.2) is 77.3 Å². The number of thiophene rings is 1. The number of rotatable bonds is 4. The molecule has 0 unspecified atom stereocenters. The normalized spacial score (nSPS) is 13.0. The van der Waals surface area contributed by atoms with Gasteiger partial charge in [0.1, 0.15) is 11.5 Å². The van der Waals surface area contributed by atoms with Crippen molar-refractivity contribution >= 4 is 72.4 Å². The van der Waals surface area contributed by atoms with Gasteiger partial charge in [0, 0.05) is 20.2 Å². The molecule has 0 fully saturated rings. The topological polar surface area (TPSA) is 57.7 Å². The second-order valence-corrected chi connectivity index (χ2v) is 9.53. The zero-order valence-corrected chi connectivity index (χ0v) is 19.6. The highest BCUT2D eigenvalue weighted by molar-refractivity contribution is 9.10. The van der Waals surface area contributed by atoms with Gasteiger partial charge in [-0.25, -0.2) is 0 Å². The van der Waals surface area contributed by atoms with E-state index in [1.54, 1.807) is 48.5 Å². The van der Waals surface area contributed by atoms with Gasteiger partial charge in [-0.15, -0.1) is 11.3 Å². The lowest BCUT2D eigenvalue weighted by molar-refractivity contribution is 0.0650. The molecule has 0 N–H and O–H groups in total. The minimum Gasteiger partial charge on any atom is -0.289 e. The molecule has 8 heteroatoms. The van der Waals surface area contributed by atoms with Crippen molar-refractivity contribution in [3.63, 3.8) is 0 Å². The summed E-state index contributed by atoms with van der Waals surface area (Å²) < 4.78 is 1.74. The van der Waals surface area contributed by atoms with Gasteiger partial charge in [-0.2, -0.15) is 0 Å². The smallest absolute Gasteiger partial charge is 0.271 e. The molecule has 0 saturated carbocycles. The predicted molar refractivity (Wildman–Crippen MR) is 130 cm³/mol. The third-order valence-corrected chi connectivity index (χ3v) is 7.40. The Bertz CT molecular complexity index is 1370. The summed E-state index contributed by atoms with van der Waals surface area (Å²) in [7, 11) is 0. The van der Waals surface area contributed by atoms with Gasteiger partial charge < -0.3 is 0 Å². The molecule has 1 aliphatic rings. The second kappa shape index (κ2) is 8.16. The molecule has 0 radical (unpaired) electrons. The molecular formula is C24H14BrClN2O3S. The van der Waals surface area contributed by atoms with Gasteiger partial charge in [-0.1, -0.05) is 63.9 Å². The number of carbonyl (C=O) groups excluding carboxylic acids is 3. The largest absolute Gasteiger partial charge is 0.289 e. The number of anilines is 1. The van der Waals surface area contributed by atoms with Crippen molar-refractivity contribution in [2.45, 2.75) is 0 Å². The number of hydrogen-bond donors (Lipinski definition) is 0. The molecule has 1 aliphatic heterocycles. The molecule has 158 valence electrons. The van der Waals surface area contributed by atoms with E-state index < -0.39 is 11.8 Å². The van der Waals surface area contributed by atoms with Crippen LogP contribution in [0.4, 0.5) is 5.69 Å². The molecular weight excluding hydrogens is 512 g/mol. The number of benzene rings is 3. The van der Waals surface area contributed by atoms with Crippen LogP contribution in [0.2, 0.25) is 5.02 Å². The molecule has 3 amide bonds. The van der Waals surface area contributed by atoms with Gasteiger partial charge in [-0.3, -0.25) is 24.2 Å². The third kappa shape index (κ3) is 3.43. The Kier molecular flexibility index (Phi) is 5.33. The summed E-state index contributed by atoms with van der Waals surface area (Å²) in [6.45, 7) is -0.219. The van der Waals surface area contributed by atoms with Crippen LogP contribution in [-0.4, -0.2) is 29.3 Å². The fourth-order valence-corrected chi connectivity index (χ4v) is 5.69. The molecule has 32 heavy (non-hydrogen) atoms. The fraction of sp³-hybridized carbons (Fsp3) is 0.0417. The number of fused-ring (bicyclic) bond motifs is 2. The standard InChI is InChI=1S/C24H14BrClN2O3S/c25-14-10-11-18-19(12-14)32-21(20(18)26)24(31)27(15-6-2-1-3-7-15)13-28-22(29)16-8-4-5-9-17(16)23(28)30/h1-12H,13H2. The van der Waals surface area contributed by atoms with E-state index in [9.17, 15) is 14.4 Å². The predicted octanol–water partition coefficient (Wildman–Crippen LogP) is 6.22.